The van der Waals surface area contributed by atoms with Crippen LogP contribution in [0.25, 0.3) is 22.2 Å². The number of anilines is 1. The molecule has 0 atom stereocenters. The van der Waals surface area contributed by atoms with Gasteiger partial charge in [0, 0.05) is 55.0 Å². The maximum absolute atomic E-state index is 14.3. The largest absolute Gasteiger partial charge is 0.497 e. The minimum Gasteiger partial charge on any atom is -0.497 e. The fourth-order valence-electron chi connectivity index (χ4n) is 5.18. The highest BCUT2D eigenvalue weighted by Crippen LogP contribution is 2.38. The zero-order valence-electron chi connectivity index (χ0n) is 25.8. The molecule has 1 N–H and O–H groups in total. The van der Waals surface area contributed by atoms with E-state index in [1.807, 2.05) is 13.8 Å². The van der Waals surface area contributed by atoms with Crippen molar-refractivity contribution in [2.45, 2.75) is 45.9 Å². The normalized spacial score (nSPS) is 13.7. The molecule has 0 radical (unpaired) electrons. The lowest BCUT2D eigenvalue weighted by molar-refractivity contribution is -0.158. The van der Waals surface area contributed by atoms with E-state index in [-0.39, 0.29) is 24.1 Å². The molecular weight excluding hydrogens is 572 g/mol. The summed E-state index contributed by atoms with van der Waals surface area (Å²) in [5.74, 6) is 1.19. The highest BCUT2D eigenvalue weighted by Gasteiger charge is 2.35. The van der Waals surface area contributed by atoms with Crippen LogP contribution in [0, 0.1) is 0 Å². The van der Waals surface area contributed by atoms with Crippen molar-refractivity contribution >= 4 is 34.5 Å². The molecule has 0 aliphatic carbocycles. The SMILES string of the molecule is C=CC(=O)N1CC(OC(C)(C)Cn2c(=O)c(-c3cc(OC)cc(OC)c3Cl)cc3cnc(NCCN(CC)CC)nc32)C1. The van der Waals surface area contributed by atoms with Crippen molar-refractivity contribution in [3.05, 3.63) is 52.4 Å². The molecule has 1 aromatic carbocycles. The molecular formula is C31H41ClN6O5. The second kappa shape index (κ2) is 13.7. The number of halogens is 1. The van der Waals surface area contributed by atoms with E-state index in [1.165, 1.54) is 20.3 Å². The van der Waals surface area contributed by atoms with Crippen molar-refractivity contribution in [3.63, 3.8) is 0 Å². The summed E-state index contributed by atoms with van der Waals surface area (Å²) in [4.78, 5) is 39.5. The molecule has 11 nitrogen and oxygen atoms in total. The number of fused-ring (bicyclic) bond motifs is 1. The minimum absolute atomic E-state index is 0.129. The van der Waals surface area contributed by atoms with Gasteiger partial charge in [0.2, 0.25) is 11.9 Å². The number of amides is 1. The van der Waals surface area contributed by atoms with Crippen molar-refractivity contribution in [1.29, 1.82) is 0 Å². The molecule has 43 heavy (non-hydrogen) atoms. The molecule has 1 aliphatic heterocycles. The number of nitrogens with one attached hydrogen (secondary N) is 1. The third-order valence-corrected chi connectivity index (χ3v) is 7.94. The van der Waals surface area contributed by atoms with E-state index in [2.05, 4.69) is 35.6 Å². The molecule has 4 rings (SSSR count). The molecule has 2 aromatic heterocycles. The van der Waals surface area contributed by atoms with E-state index in [0.29, 0.717) is 64.3 Å². The molecule has 0 saturated carbocycles. The predicted molar refractivity (Wildman–Crippen MR) is 169 cm³/mol. The highest BCUT2D eigenvalue weighted by molar-refractivity contribution is 6.35. The van der Waals surface area contributed by atoms with Gasteiger partial charge in [-0.15, -0.1) is 0 Å². The Morgan fingerprint density at radius 2 is 1.91 bits per heavy atom. The minimum atomic E-state index is -0.777. The van der Waals surface area contributed by atoms with Gasteiger partial charge in [0.05, 0.1) is 37.5 Å². The molecule has 1 aliphatic rings. The van der Waals surface area contributed by atoms with Gasteiger partial charge >= 0.3 is 0 Å². The van der Waals surface area contributed by atoms with Crippen LogP contribution in [0.4, 0.5) is 5.95 Å². The van der Waals surface area contributed by atoms with Crippen LogP contribution in [0.3, 0.4) is 0 Å². The smallest absolute Gasteiger partial charge is 0.260 e. The van der Waals surface area contributed by atoms with Gasteiger partial charge < -0.3 is 29.3 Å². The Bertz CT molecular complexity index is 1530. The summed E-state index contributed by atoms with van der Waals surface area (Å²) < 4.78 is 18.9. The van der Waals surface area contributed by atoms with E-state index < -0.39 is 5.60 Å². The van der Waals surface area contributed by atoms with E-state index in [1.54, 1.807) is 33.9 Å². The van der Waals surface area contributed by atoms with Crippen LogP contribution in [-0.2, 0) is 16.1 Å². The zero-order valence-corrected chi connectivity index (χ0v) is 26.5. The van der Waals surface area contributed by atoms with Crippen molar-refractivity contribution < 1.29 is 19.0 Å². The number of methoxy groups -OCH3 is 2. The lowest BCUT2D eigenvalue weighted by Gasteiger charge is -2.42. The molecule has 0 spiro atoms. The standard InChI is InChI=1S/C31H41ClN6O5/c1-8-26(39)37-17-22(18-37)43-31(4,5)19-38-28-20(16-34-30(35-28)33-11-12-36(9-2)10-3)13-24(29(38)40)23-14-21(41-6)15-25(42-7)27(23)32/h8,13-16,22H,1,9-12,17-19H2,2-7H3,(H,33,34,35). The van der Waals surface area contributed by atoms with E-state index in [0.717, 1.165) is 19.6 Å². The number of carbonyl (C=O) groups is 1. The number of aromatic nitrogens is 3. The van der Waals surface area contributed by atoms with Crippen molar-refractivity contribution in [3.8, 4) is 22.6 Å². The van der Waals surface area contributed by atoms with Gasteiger partial charge in [-0.2, -0.15) is 4.98 Å². The Morgan fingerprint density at radius 1 is 1.19 bits per heavy atom. The number of carbonyl (C=O) groups excluding carboxylic acids is 1. The average molecular weight is 613 g/mol. The number of pyridine rings is 1. The van der Waals surface area contributed by atoms with E-state index in [4.69, 9.17) is 30.8 Å². The summed E-state index contributed by atoms with van der Waals surface area (Å²) in [6.07, 6.45) is 2.84. The first kappa shape index (κ1) is 32.2. The Hall–Kier alpha value is -3.67. The third-order valence-electron chi connectivity index (χ3n) is 7.55. The quantitative estimate of drug-likeness (QED) is 0.269. The van der Waals surface area contributed by atoms with Gasteiger partial charge in [-0.25, -0.2) is 4.98 Å². The lowest BCUT2D eigenvalue weighted by atomic mass is 10.0. The molecule has 0 bridgehead atoms. The Labute approximate surface area is 257 Å². The van der Waals surface area contributed by atoms with Crippen molar-refractivity contribution in [2.24, 2.45) is 0 Å². The number of rotatable bonds is 14. The third kappa shape index (κ3) is 7.29. The summed E-state index contributed by atoms with van der Waals surface area (Å²) in [6, 6.07) is 5.12. The lowest BCUT2D eigenvalue weighted by Crippen LogP contribution is -2.57. The molecule has 1 fully saturated rings. The molecule has 3 aromatic rings. The predicted octanol–water partition coefficient (Wildman–Crippen LogP) is 4.07. The number of hydrogen-bond donors (Lipinski definition) is 1. The van der Waals surface area contributed by atoms with E-state index >= 15 is 0 Å². The molecule has 3 heterocycles. The van der Waals surface area contributed by atoms with Crippen molar-refractivity contribution in [2.75, 3.05) is 58.8 Å². The average Bonchev–Trinajstić information content (AvgIpc) is 2.98. The van der Waals surface area contributed by atoms with Crippen LogP contribution in [0.15, 0.2) is 41.8 Å². The van der Waals surface area contributed by atoms with Crippen LogP contribution in [0.2, 0.25) is 5.02 Å². The molecule has 1 amide bonds. The Kier molecular flexibility index (Phi) is 10.3. The summed E-state index contributed by atoms with van der Waals surface area (Å²) in [5, 5.41) is 4.24. The first-order valence-electron chi connectivity index (χ1n) is 14.4. The van der Waals surface area contributed by atoms with E-state index in [9.17, 15) is 9.59 Å². The van der Waals surface area contributed by atoms with Crippen LogP contribution >= 0.6 is 11.6 Å². The molecule has 12 heteroatoms. The fraction of sp³-hybridized carbons (Fsp3) is 0.484. The number of likely N-dealkylation sites (tertiary alicyclic amines) is 1. The zero-order chi connectivity index (χ0) is 31.3. The second-order valence-corrected chi connectivity index (χ2v) is 11.4. The molecule has 0 unspecified atom stereocenters. The first-order chi connectivity index (χ1) is 20.5. The topological polar surface area (TPSA) is 111 Å². The monoisotopic (exact) mass is 612 g/mol. The summed E-state index contributed by atoms with van der Waals surface area (Å²) in [7, 11) is 3.05. The van der Waals surface area contributed by atoms with Gasteiger partial charge in [-0.1, -0.05) is 32.0 Å². The first-order valence-corrected chi connectivity index (χ1v) is 14.8. The van der Waals surface area contributed by atoms with Gasteiger partial charge in [0.1, 0.15) is 17.1 Å². The van der Waals surface area contributed by atoms with Crippen molar-refractivity contribution in [1.82, 2.24) is 24.3 Å². The Balaban J connectivity index is 1.75. The second-order valence-electron chi connectivity index (χ2n) is 11.0. The summed E-state index contributed by atoms with van der Waals surface area (Å²) in [6.45, 7) is 16.1. The summed E-state index contributed by atoms with van der Waals surface area (Å²) in [5.41, 5.74) is 0.208. The van der Waals surface area contributed by atoms with Crippen LogP contribution in [-0.4, -0.2) is 95.4 Å². The number of likely N-dealkylation sites (N-methyl/N-ethyl adjacent to an activating group) is 1. The van der Waals surface area contributed by atoms with Gasteiger partial charge in [0.25, 0.3) is 5.56 Å². The van der Waals surface area contributed by atoms with Gasteiger partial charge in [-0.3, -0.25) is 14.2 Å². The van der Waals surface area contributed by atoms with Crippen LogP contribution in [0.5, 0.6) is 11.5 Å². The highest BCUT2D eigenvalue weighted by atomic mass is 35.5. The maximum atomic E-state index is 14.3. The molecule has 1 saturated heterocycles. The van der Waals surface area contributed by atoms with Crippen LogP contribution in [0.1, 0.15) is 27.7 Å². The number of benzene rings is 1. The number of ether oxygens (including phenoxy) is 3. The van der Waals surface area contributed by atoms with Crippen LogP contribution < -0.4 is 20.3 Å². The summed E-state index contributed by atoms with van der Waals surface area (Å²) >= 11 is 6.72. The fourth-order valence-corrected chi connectivity index (χ4v) is 5.46. The number of nitrogens with zero attached hydrogens (tertiary/aromatic N) is 5. The van der Waals surface area contributed by atoms with Gasteiger partial charge in [-0.05, 0) is 45.1 Å². The maximum Gasteiger partial charge on any atom is 0.260 e. The van der Waals surface area contributed by atoms with Gasteiger partial charge in [0.15, 0.2) is 0 Å². The Morgan fingerprint density at radius 3 is 2.53 bits per heavy atom. The number of hydrogen-bond acceptors (Lipinski definition) is 9. The molecule has 232 valence electrons.